The Morgan fingerprint density at radius 2 is 1.75 bits per heavy atom. The normalized spacial score (nSPS) is 12.8. The minimum absolute atomic E-state index is 0.262. The van der Waals surface area contributed by atoms with Crippen molar-refractivity contribution in [3.05, 3.63) is 69.9 Å². The van der Waals surface area contributed by atoms with E-state index in [1.807, 2.05) is 30.3 Å². The smallest absolute Gasteiger partial charge is 0.134 e. The van der Waals surface area contributed by atoms with E-state index in [1.165, 1.54) is 11.1 Å². The Labute approximate surface area is 123 Å². The fourth-order valence-corrected chi connectivity index (χ4v) is 2.83. The maximum Gasteiger partial charge on any atom is 0.134 e. The highest BCUT2D eigenvalue weighted by molar-refractivity contribution is 6.31. The van der Waals surface area contributed by atoms with Crippen molar-refractivity contribution in [2.45, 2.75) is 19.9 Å². The third kappa shape index (κ3) is 2.21. The fourth-order valence-electron chi connectivity index (χ4n) is 2.65. The maximum absolute atomic E-state index is 6.39. The number of rotatable bonds is 2. The Morgan fingerprint density at radius 1 is 1.05 bits per heavy atom. The van der Waals surface area contributed by atoms with E-state index in [-0.39, 0.29) is 6.04 Å². The van der Waals surface area contributed by atoms with Crippen molar-refractivity contribution in [3.63, 3.8) is 0 Å². The molecular formula is C17H16ClNO. The van der Waals surface area contributed by atoms with Crippen molar-refractivity contribution in [2.24, 2.45) is 5.73 Å². The van der Waals surface area contributed by atoms with Crippen molar-refractivity contribution in [1.29, 1.82) is 0 Å². The van der Waals surface area contributed by atoms with Crippen molar-refractivity contribution in [1.82, 2.24) is 0 Å². The van der Waals surface area contributed by atoms with Crippen molar-refractivity contribution < 1.29 is 4.42 Å². The second-order valence-electron chi connectivity index (χ2n) is 5.11. The lowest BCUT2D eigenvalue weighted by Gasteiger charge is -2.15. The third-order valence-corrected chi connectivity index (χ3v) is 3.89. The lowest BCUT2D eigenvalue weighted by Crippen LogP contribution is -2.13. The van der Waals surface area contributed by atoms with Crippen LogP contribution in [-0.2, 0) is 0 Å². The Morgan fingerprint density at radius 3 is 2.45 bits per heavy atom. The lowest BCUT2D eigenvalue weighted by molar-refractivity contribution is 0.523. The predicted octanol–water partition coefficient (Wildman–Crippen LogP) is 4.75. The quantitative estimate of drug-likeness (QED) is 0.738. The van der Waals surface area contributed by atoms with Crippen LogP contribution in [0.15, 0.2) is 46.9 Å². The lowest BCUT2D eigenvalue weighted by atomic mass is 9.95. The van der Waals surface area contributed by atoms with Gasteiger partial charge >= 0.3 is 0 Å². The number of hydrogen-bond donors (Lipinski definition) is 1. The van der Waals surface area contributed by atoms with Crippen LogP contribution in [0.4, 0.5) is 0 Å². The van der Waals surface area contributed by atoms with Gasteiger partial charge in [-0.25, -0.2) is 0 Å². The Balaban J connectivity index is 2.10. The number of halogens is 1. The van der Waals surface area contributed by atoms with Gasteiger partial charge in [0.05, 0.1) is 6.04 Å². The average Bonchev–Trinajstić information content (AvgIpc) is 2.81. The molecule has 1 aromatic heterocycles. The SMILES string of the molecule is Cc1cccc(C)c1C(N)c1cc2cc(Cl)ccc2o1. The van der Waals surface area contributed by atoms with Gasteiger partial charge in [-0.2, -0.15) is 0 Å². The van der Waals surface area contributed by atoms with E-state index in [9.17, 15) is 0 Å². The molecule has 0 fully saturated rings. The minimum atomic E-state index is -0.262. The van der Waals surface area contributed by atoms with Crippen LogP contribution in [0.2, 0.25) is 5.02 Å². The summed E-state index contributed by atoms with van der Waals surface area (Å²) >= 11 is 6.00. The molecule has 20 heavy (non-hydrogen) atoms. The summed E-state index contributed by atoms with van der Waals surface area (Å²) in [6, 6.07) is 13.5. The summed E-state index contributed by atoms with van der Waals surface area (Å²) < 4.78 is 5.87. The molecule has 2 N–H and O–H groups in total. The molecule has 1 heterocycles. The van der Waals surface area contributed by atoms with Crippen molar-refractivity contribution >= 4 is 22.6 Å². The highest BCUT2D eigenvalue weighted by Crippen LogP contribution is 2.31. The first-order valence-electron chi connectivity index (χ1n) is 6.57. The monoisotopic (exact) mass is 285 g/mol. The van der Waals surface area contributed by atoms with Gasteiger partial charge in [0.2, 0.25) is 0 Å². The van der Waals surface area contributed by atoms with E-state index in [2.05, 4.69) is 26.0 Å². The number of furan rings is 1. The third-order valence-electron chi connectivity index (χ3n) is 3.66. The van der Waals surface area contributed by atoms with Crippen LogP contribution < -0.4 is 5.73 Å². The van der Waals surface area contributed by atoms with Gasteiger partial charge in [0.15, 0.2) is 0 Å². The van der Waals surface area contributed by atoms with E-state index in [0.717, 1.165) is 22.3 Å². The summed E-state index contributed by atoms with van der Waals surface area (Å²) in [4.78, 5) is 0. The van der Waals surface area contributed by atoms with Crippen molar-refractivity contribution in [3.8, 4) is 0 Å². The van der Waals surface area contributed by atoms with E-state index in [1.54, 1.807) is 0 Å². The molecule has 1 unspecified atom stereocenters. The van der Waals surface area contributed by atoms with Crippen LogP contribution in [0.25, 0.3) is 11.0 Å². The molecule has 0 aliphatic carbocycles. The summed E-state index contributed by atoms with van der Waals surface area (Å²) in [5, 5.41) is 1.68. The highest BCUT2D eigenvalue weighted by Gasteiger charge is 2.18. The molecular weight excluding hydrogens is 270 g/mol. The number of aryl methyl sites for hydroxylation is 2. The zero-order valence-electron chi connectivity index (χ0n) is 11.5. The molecule has 1 atom stereocenters. The molecule has 0 aliphatic heterocycles. The maximum atomic E-state index is 6.39. The largest absolute Gasteiger partial charge is 0.459 e. The average molecular weight is 286 g/mol. The molecule has 0 bridgehead atoms. The van der Waals surface area contributed by atoms with Crippen LogP contribution in [0.5, 0.6) is 0 Å². The highest BCUT2D eigenvalue weighted by atomic mass is 35.5. The molecule has 3 rings (SSSR count). The fraction of sp³-hybridized carbons (Fsp3) is 0.176. The molecule has 102 valence electrons. The zero-order chi connectivity index (χ0) is 14.3. The molecule has 0 saturated carbocycles. The first-order chi connectivity index (χ1) is 9.56. The molecule has 0 spiro atoms. The van der Waals surface area contributed by atoms with Gasteiger partial charge in [-0.1, -0.05) is 29.8 Å². The van der Waals surface area contributed by atoms with Gasteiger partial charge in [0.25, 0.3) is 0 Å². The van der Waals surface area contributed by atoms with Crippen molar-refractivity contribution in [2.75, 3.05) is 0 Å². The Kier molecular flexibility index (Phi) is 3.28. The second-order valence-corrected chi connectivity index (χ2v) is 5.55. The summed E-state index contributed by atoms with van der Waals surface area (Å²) in [5.41, 5.74) is 10.7. The molecule has 0 radical (unpaired) electrons. The van der Waals surface area contributed by atoms with Gasteiger partial charge < -0.3 is 10.2 Å². The molecule has 3 aromatic rings. The van der Waals surface area contributed by atoms with E-state index in [4.69, 9.17) is 21.8 Å². The summed E-state index contributed by atoms with van der Waals surface area (Å²) in [6.45, 7) is 4.14. The van der Waals surface area contributed by atoms with Gasteiger partial charge in [0, 0.05) is 10.4 Å². The standard InChI is InChI=1S/C17H16ClNO/c1-10-4-3-5-11(2)16(10)17(19)15-9-12-8-13(18)6-7-14(12)20-15/h3-9,17H,19H2,1-2H3. The van der Waals surface area contributed by atoms with Gasteiger partial charge in [-0.05, 0) is 54.8 Å². The molecule has 0 aliphatic rings. The van der Waals surface area contributed by atoms with Gasteiger partial charge in [-0.3, -0.25) is 0 Å². The van der Waals surface area contributed by atoms with Crippen LogP contribution in [0.1, 0.15) is 28.5 Å². The van der Waals surface area contributed by atoms with Crippen LogP contribution in [0, 0.1) is 13.8 Å². The minimum Gasteiger partial charge on any atom is -0.459 e. The summed E-state index contributed by atoms with van der Waals surface area (Å²) in [6.07, 6.45) is 0. The van der Waals surface area contributed by atoms with Gasteiger partial charge in [-0.15, -0.1) is 0 Å². The summed E-state index contributed by atoms with van der Waals surface area (Å²) in [5.74, 6) is 0.764. The molecule has 2 nitrogen and oxygen atoms in total. The van der Waals surface area contributed by atoms with Crippen LogP contribution in [-0.4, -0.2) is 0 Å². The molecule has 3 heteroatoms. The van der Waals surface area contributed by atoms with Gasteiger partial charge in [0.1, 0.15) is 11.3 Å². The number of fused-ring (bicyclic) bond motifs is 1. The number of benzene rings is 2. The number of hydrogen-bond acceptors (Lipinski definition) is 2. The first-order valence-corrected chi connectivity index (χ1v) is 6.95. The first kappa shape index (κ1) is 13.2. The molecule has 2 aromatic carbocycles. The number of nitrogens with two attached hydrogens (primary N) is 1. The van der Waals surface area contributed by atoms with E-state index in [0.29, 0.717) is 5.02 Å². The zero-order valence-corrected chi connectivity index (χ0v) is 12.2. The van der Waals surface area contributed by atoms with E-state index >= 15 is 0 Å². The molecule has 0 amide bonds. The predicted molar refractivity (Wildman–Crippen MR) is 83.2 cm³/mol. The van der Waals surface area contributed by atoms with Crippen LogP contribution in [0.3, 0.4) is 0 Å². The summed E-state index contributed by atoms with van der Waals surface area (Å²) in [7, 11) is 0. The van der Waals surface area contributed by atoms with E-state index < -0.39 is 0 Å². The Bertz CT molecular complexity index is 756. The molecule has 0 saturated heterocycles. The second kappa shape index (κ2) is 4.97. The van der Waals surface area contributed by atoms with Crippen LogP contribution >= 0.6 is 11.6 Å². The Hall–Kier alpha value is -1.77. The topological polar surface area (TPSA) is 39.2 Å².